The Morgan fingerprint density at radius 2 is 1.78 bits per heavy atom. The lowest BCUT2D eigenvalue weighted by Crippen LogP contribution is -2.35. The Morgan fingerprint density at radius 1 is 1.07 bits per heavy atom. The third kappa shape index (κ3) is 4.80. The molecule has 27 heavy (non-hydrogen) atoms. The number of nitrogens with zero attached hydrogens (tertiary/aromatic N) is 1. The number of halogens is 1. The van der Waals surface area contributed by atoms with Gasteiger partial charge in [0.15, 0.2) is 0 Å². The topological polar surface area (TPSA) is 92.5 Å². The Bertz CT molecular complexity index is 926. The smallest absolute Gasteiger partial charge is 0.256 e. The second-order valence-electron chi connectivity index (χ2n) is 6.52. The van der Waals surface area contributed by atoms with Gasteiger partial charge >= 0.3 is 0 Å². The zero-order valence-electron chi connectivity index (χ0n) is 15.1. The first-order chi connectivity index (χ1) is 12.4. The molecule has 1 aliphatic heterocycles. The molecule has 8 heteroatoms. The molecule has 0 aromatic heterocycles. The predicted octanol–water partition coefficient (Wildman–Crippen LogP) is 3.43. The van der Waals surface area contributed by atoms with Gasteiger partial charge in [0.2, 0.25) is 10.0 Å². The minimum atomic E-state index is -3.54. The van der Waals surface area contributed by atoms with Gasteiger partial charge in [-0.1, -0.05) is 18.6 Å². The molecule has 0 spiro atoms. The lowest BCUT2D eigenvalue weighted by Gasteiger charge is -2.26. The van der Waals surface area contributed by atoms with Crippen molar-refractivity contribution >= 4 is 39.7 Å². The number of nitrogen functional groups attached to an aromatic ring is 1. The SMILES string of the molecule is Cc1ccc(N)cc1C(=O)Nc1cccc(S(=O)(=O)N2CCCCC2)c1.Cl. The van der Waals surface area contributed by atoms with Gasteiger partial charge in [0.25, 0.3) is 5.91 Å². The summed E-state index contributed by atoms with van der Waals surface area (Å²) in [5, 5.41) is 2.76. The van der Waals surface area contributed by atoms with Crippen LogP contribution in [0.25, 0.3) is 0 Å². The third-order valence-corrected chi connectivity index (χ3v) is 6.45. The van der Waals surface area contributed by atoms with Gasteiger partial charge in [0.05, 0.1) is 4.90 Å². The van der Waals surface area contributed by atoms with Crippen LogP contribution in [-0.4, -0.2) is 31.7 Å². The van der Waals surface area contributed by atoms with Crippen LogP contribution in [0.4, 0.5) is 11.4 Å². The minimum Gasteiger partial charge on any atom is -0.399 e. The van der Waals surface area contributed by atoms with Crippen molar-refractivity contribution in [3.8, 4) is 0 Å². The summed E-state index contributed by atoms with van der Waals surface area (Å²) in [6.07, 6.45) is 2.82. The number of aryl methyl sites for hydroxylation is 1. The summed E-state index contributed by atoms with van der Waals surface area (Å²) >= 11 is 0. The zero-order valence-corrected chi connectivity index (χ0v) is 16.8. The van der Waals surface area contributed by atoms with Crippen LogP contribution in [0.2, 0.25) is 0 Å². The van der Waals surface area contributed by atoms with Gasteiger partial charge in [-0.25, -0.2) is 8.42 Å². The Kier molecular flexibility index (Phi) is 6.86. The number of carbonyl (C=O) groups excluding carboxylic acids is 1. The first kappa shape index (κ1) is 21.2. The lowest BCUT2D eigenvalue weighted by atomic mass is 10.1. The molecule has 1 heterocycles. The molecule has 0 unspecified atom stereocenters. The number of nitrogens with two attached hydrogens (primary N) is 1. The number of hydrogen-bond donors (Lipinski definition) is 2. The van der Waals surface area contributed by atoms with Gasteiger partial charge in [-0.15, -0.1) is 12.4 Å². The van der Waals surface area contributed by atoms with Gasteiger partial charge < -0.3 is 11.1 Å². The number of nitrogens with one attached hydrogen (secondary N) is 1. The number of anilines is 2. The first-order valence-electron chi connectivity index (χ1n) is 8.65. The Hall–Kier alpha value is -2.09. The van der Waals surface area contributed by atoms with Gasteiger partial charge in [-0.2, -0.15) is 4.31 Å². The number of sulfonamides is 1. The quantitative estimate of drug-likeness (QED) is 0.756. The predicted molar refractivity (Wildman–Crippen MR) is 110 cm³/mol. The highest BCUT2D eigenvalue weighted by molar-refractivity contribution is 7.89. The molecule has 2 aromatic carbocycles. The molecule has 146 valence electrons. The normalized spacial score (nSPS) is 15.0. The molecule has 1 amide bonds. The van der Waals surface area contributed by atoms with Crippen LogP contribution < -0.4 is 11.1 Å². The fourth-order valence-electron chi connectivity index (χ4n) is 3.07. The van der Waals surface area contributed by atoms with Crippen molar-refractivity contribution in [1.82, 2.24) is 4.31 Å². The number of piperidine rings is 1. The van der Waals surface area contributed by atoms with E-state index < -0.39 is 10.0 Å². The molecule has 0 aliphatic carbocycles. The number of benzene rings is 2. The van der Waals surface area contributed by atoms with Crippen molar-refractivity contribution in [3.63, 3.8) is 0 Å². The van der Waals surface area contributed by atoms with Crippen molar-refractivity contribution in [3.05, 3.63) is 53.6 Å². The molecule has 1 fully saturated rings. The van der Waals surface area contributed by atoms with E-state index in [-0.39, 0.29) is 23.2 Å². The molecule has 3 N–H and O–H groups in total. The fraction of sp³-hybridized carbons (Fsp3) is 0.316. The maximum absolute atomic E-state index is 12.8. The maximum Gasteiger partial charge on any atom is 0.256 e. The summed E-state index contributed by atoms with van der Waals surface area (Å²) in [5.41, 5.74) is 7.97. The van der Waals surface area contributed by atoms with Crippen molar-refractivity contribution in [2.75, 3.05) is 24.1 Å². The average molecular weight is 410 g/mol. The van der Waals surface area contributed by atoms with E-state index in [2.05, 4.69) is 5.32 Å². The van der Waals surface area contributed by atoms with Crippen molar-refractivity contribution in [2.45, 2.75) is 31.1 Å². The molecule has 3 rings (SSSR count). The van der Waals surface area contributed by atoms with Gasteiger partial charge in [-0.05, 0) is 55.7 Å². The monoisotopic (exact) mass is 409 g/mol. The van der Waals surface area contributed by atoms with Crippen LogP contribution >= 0.6 is 12.4 Å². The standard InChI is InChI=1S/C19H23N3O3S.ClH/c1-14-8-9-15(20)12-18(14)19(23)21-16-6-5-7-17(13-16)26(24,25)22-10-3-2-4-11-22;/h5-9,12-13H,2-4,10-11,20H2,1H3,(H,21,23);1H. The molecule has 0 atom stereocenters. The molecule has 1 saturated heterocycles. The van der Waals surface area contributed by atoms with Crippen LogP contribution in [0.3, 0.4) is 0 Å². The van der Waals surface area contributed by atoms with Crippen molar-refractivity contribution in [2.24, 2.45) is 0 Å². The van der Waals surface area contributed by atoms with E-state index in [4.69, 9.17) is 5.73 Å². The van der Waals surface area contributed by atoms with E-state index in [9.17, 15) is 13.2 Å². The van der Waals surface area contributed by atoms with Crippen molar-refractivity contribution in [1.29, 1.82) is 0 Å². The largest absolute Gasteiger partial charge is 0.399 e. The Balaban J connectivity index is 0.00000261. The zero-order chi connectivity index (χ0) is 18.7. The average Bonchev–Trinajstić information content (AvgIpc) is 2.64. The molecule has 2 aromatic rings. The highest BCUT2D eigenvalue weighted by Gasteiger charge is 2.26. The van der Waals surface area contributed by atoms with E-state index in [1.54, 1.807) is 36.4 Å². The van der Waals surface area contributed by atoms with Gasteiger partial charge in [0, 0.05) is 30.0 Å². The Morgan fingerprint density at radius 3 is 2.48 bits per heavy atom. The molecule has 0 bridgehead atoms. The van der Waals surface area contributed by atoms with Crippen LogP contribution in [0, 0.1) is 6.92 Å². The third-order valence-electron chi connectivity index (χ3n) is 4.55. The summed E-state index contributed by atoms with van der Waals surface area (Å²) < 4.78 is 27.1. The van der Waals surface area contributed by atoms with Crippen molar-refractivity contribution < 1.29 is 13.2 Å². The van der Waals surface area contributed by atoms with Crippen LogP contribution in [-0.2, 0) is 10.0 Å². The maximum atomic E-state index is 12.8. The summed E-state index contributed by atoms with van der Waals surface area (Å²) in [6, 6.07) is 11.5. The number of rotatable bonds is 4. The Labute approximate surface area is 166 Å². The van der Waals surface area contributed by atoms with Crippen LogP contribution in [0.15, 0.2) is 47.4 Å². The van der Waals surface area contributed by atoms with E-state index >= 15 is 0 Å². The molecule has 1 aliphatic rings. The van der Waals surface area contributed by atoms with Gasteiger partial charge in [0.1, 0.15) is 0 Å². The van der Waals surface area contributed by atoms with Gasteiger partial charge in [-0.3, -0.25) is 4.79 Å². The number of hydrogen-bond acceptors (Lipinski definition) is 4. The second kappa shape index (κ2) is 8.73. The van der Waals surface area contributed by atoms with Crippen LogP contribution in [0.5, 0.6) is 0 Å². The highest BCUT2D eigenvalue weighted by Crippen LogP contribution is 2.23. The number of amides is 1. The summed E-state index contributed by atoms with van der Waals surface area (Å²) in [4.78, 5) is 12.7. The summed E-state index contributed by atoms with van der Waals surface area (Å²) in [5.74, 6) is -0.317. The second-order valence-corrected chi connectivity index (χ2v) is 8.46. The van der Waals surface area contributed by atoms with E-state index in [1.807, 2.05) is 6.92 Å². The van der Waals surface area contributed by atoms with E-state index in [0.717, 1.165) is 24.8 Å². The number of carbonyl (C=O) groups is 1. The molecule has 0 radical (unpaired) electrons. The van der Waals surface area contributed by atoms with E-state index in [1.165, 1.54) is 10.4 Å². The fourth-order valence-corrected chi connectivity index (χ4v) is 4.63. The minimum absolute atomic E-state index is 0. The summed E-state index contributed by atoms with van der Waals surface area (Å²) in [6.45, 7) is 2.91. The van der Waals surface area contributed by atoms with Crippen LogP contribution in [0.1, 0.15) is 35.2 Å². The summed E-state index contributed by atoms with van der Waals surface area (Å²) in [7, 11) is -3.54. The molecular weight excluding hydrogens is 386 g/mol. The highest BCUT2D eigenvalue weighted by atomic mass is 35.5. The molecular formula is C19H24ClN3O3S. The van der Waals surface area contributed by atoms with E-state index in [0.29, 0.717) is 30.0 Å². The molecule has 6 nitrogen and oxygen atoms in total. The molecule has 0 saturated carbocycles. The first-order valence-corrected chi connectivity index (χ1v) is 10.1. The lowest BCUT2D eigenvalue weighted by molar-refractivity contribution is 0.102.